The third kappa shape index (κ3) is 2.56. The number of aliphatic imine (C=N–C) groups is 1. The molecule has 0 aromatic rings. The molecule has 8 heavy (non-hydrogen) atoms. The standard InChI is InChI=1S/C5H9BN2/c1-4(7)5(6)3-8-2/h3,5,7H,1-2H3. The zero-order valence-corrected chi connectivity index (χ0v) is 5.18. The molecular formula is C5H9BN2. The minimum atomic E-state index is -0.292. The van der Waals surface area contributed by atoms with Gasteiger partial charge in [-0.05, 0) is 19.0 Å². The molecule has 2 nitrogen and oxygen atoms in total. The highest BCUT2D eigenvalue weighted by molar-refractivity contribution is 6.33. The van der Waals surface area contributed by atoms with Crippen LogP contribution in [0.3, 0.4) is 0 Å². The molecule has 0 bridgehead atoms. The van der Waals surface area contributed by atoms with Crippen molar-refractivity contribution in [3.05, 3.63) is 0 Å². The molecule has 0 saturated carbocycles. The van der Waals surface area contributed by atoms with Crippen LogP contribution in [0.4, 0.5) is 0 Å². The fraction of sp³-hybridized carbons (Fsp3) is 0.600. The Labute approximate surface area is 50.9 Å². The van der Waals surface area contributed by atoms with Crippen LogP contribution in [-0.2, 0) is 0 Å². The Bertz CT molecular complexity index is 109. The van der Waals surface area contributed by atoms with Gasteiger partial charge in [-0.2, -0.15) is 0 Å². The molecule has 0 fully saturated rings. The molecular weight excluding hydrogens is 98.9 g/mol. The Kier molecular flexibility index (Phi) is 3.16. The van der Waals surface area contributed by atoms with Gasteiger partial charge in [-0.25, -0.2) is 0 Å². The SMILES string of the molecule is [B]C(C=NC)C(C)=N. The number of rotatable bonds is 2. The normalized spacial score (nSPS) is 14.2. The van der Waals surface area contributed by atoms with Crippen molar-refractivity contribution in [1.82, 2.24) is 0 Å². The van der Waals surface area contributed by atoms with Crippen molar-refractivity contribution in [3.63, 3.8) is 0 Å². The van der Waals surface area contributed by atoms with Crippen molar-refractivity contribution in [2.45, 2.75) is 12.7 Å². The summed E-state index contributed by atoms with van der Waals surface area (Å²) in [6.07, 6.45) is 1.54. The molecule has 1 unspecified atom stereocenters. The molecule has 0 saturated heterocycles. The Morgan fingerprint density at radius 2 is 2.38 bits per heavy atom. The Morgan fingerprint density at radius 1 is 1.88 bits per heavy atom. The predicted molar refractivity (Wildman–Crippen MR) is 37.3 cm³/mol. The lowest BCUT2D eigenvalue weighted by atomic mass is 9.85. The maximum absolute atomic E-state index is 6.99. The molecule has 0 aromatic heterocycles. The topological polar surface area (TPSA) is 36.2 Å². The van der Waals surface area contributed by atoms with Crippen molar-refractivity contribution in [2.75, 3.05) is 7.05 Å². The van der Waals surface area contributed by atoms with Gasteiger partial charge in [0, 0.05) is 12.8 Å². The molecule has 0 amide bonds. The van der Waals surface area contributed by atoms with E-state index in [1.807, 2.05) is 0 Å². The third-order valence-corrected chi connectivity index (χ3v) is 0.810. The molecule has 42 valence electrons. The van der Waals surface area contributed by atoms with Crippen molar-refractivity contribution < 1.29 is 0 Å². The van der Waals surface area contributed by atoms with Gasteiger partial charge in [0.05, 0.1) is 7.85 Å². The van der Waals surface area contributed by atoms with Crippen LogP contribution in [-0.4, -0.2) is 26.8 Å². The average Bonchev–Trinajstić information content (AvgIpc) is 1.67. The van der Waals surface area contributed by atoms with Crippen LogP contribution in [0.25, 0.3) is 0 Å². The van der Waals surface area contributed by atoms with E-state index in [0.29, 0.717) is 5.71 Å². The van der Waals surface area contributed by atoms with Crippen molar-refractivity contribution in [1.29, 1.82) is 5.41 Å². The number of nitrogens with one attached hydrogen (secondary N) is 1. The van der Waals surface area contributed by atoms with E-state index in [-0.39, 0.29) is 5.82 Å². The van der Waals surface area contributed by atoms with Gasteiger partial charge >= 0.3 is 0 Å². The summed E-state index contributed by atoms with van der Waals surface area (Å²) >= 11 is 0. The van der Waals surface area contributed by atoms with E-state index in [1.54, 1.807) is 20.2 Å². The molecule has 1 atom stereocenters. The quantitative estimate of drug-likeness (QED) is 0.399. The first-order valence-corrected chi connectivity index (χ1v) is 2.41. The average molecular weight is 108 g/mol. The van der Waals surface area contributed by atoms with Crippen molar-refractivity contribution in [2.24, 2.45) is 4.99 Å². The Morgan fingerprint density at radius 3 is 2.50 bits per heavy atom. The van der Waals surface area contributed by atoms with Gasteiger partial charge < -0.3 is 10.4 Å². The summed E-state index contributed by atoms with van der Waals surface area (Å²) < 4.78 is 0. The lowest BCUT2D eigenvalue weighted by Crippen LogP contribution is -2.03. The van der Waals surface area contributed by atoms with Gasteiger partial charge in [0.1, 0.15) is 0 Å². The van der Waals surface area contributed by atoms with Crippen LogP contribution in [0, 0.1) is 5.41 Å². The van der Waals surface area contributed by atoms with E-state index < -0.39 is 0 Å². The second-order valence-corrected chi connectivity index (χ2v) is 1.62. The summed E-state index contributed by atoms with van der Waals surface area (Å²) in [6.45, 7) is 1.66. The lowest BCUT2D eigenvalue weighted by Gasteiger charge is -1.98. The second kappa shape index (κ2) is 3.41. The van der Waals surface area contributed by atoms with Gasteiger partial charge in [0.25, 0.3) is 0 Å². The molecule has 2 radical (unpaired) electrons. The summed E-state index contributed by atoms with van der Waals surface area (Å²) in [5.41, 5.74) is 0.440. The summed E-state index contributed by atoms with van der Waals surface area (Å²) in [7, 11) is 6.99. The van der Waals surface area contributed by atoms with Gasteiger partial charge in [-0.1, -0.05) is 0 Å². The largest absolute Gasteiger partial charge is 0.310 e. The van der Waals surface area contributed by atoms with Crippen molar-refractivity contribution in [3.8, 4) is 0 Å². The molecule has 0 aromatic carbocycles. The lowest BCUT2D eigenvalue weighted by molar-refractivity contribution is 1.36. The third-order valence-electron chi connectivity index (χ3n) is 0.810. The Hall–Kier alpha value is -0.595. The minimum absolute atomic E-state index is 0.292. The first kappa shape index (κ1) is 7.40. The van der Waals surface area contributed by atoms with E-state index in [9.17, 15) is 0 Å². The zero-order chi connectivity index (χ0) is 6.57. The molecule has 0 rings (SSSR count). The van der Waals surface area contributed by atoms with Crippen LogP contribution >= 0.6 is 0 Å². The Balaban J connectivity index is 3.64. The summed E-state index contributed by atoms with van der Waals surface area (Å²) in [5, 5.41) is 6.99. The summed E-state index contributed by atoms with van der Waals surface area (Å²) in [6, 6.07) is 0. The van der Waals surface area contributed by atoms with Crippen LogP contribution < -0.4 is 0 Å². The highest BCUT2D eigenvalue weighted by atomic mass is 14.6. The fourth-order valence-corrected chi connectivity index (χ4v) is 0.272. The van der Waals surface area contributed by atoms with Crippen molar-refractivity contribution >= 4 is 19.8 Å². The molecule has 1 N–H and O–H groups in total. The van der Waals surface area contributed by atoms with Gasteiger partial charge in [0.2, 0.25) is 0 Å². The smallest absolute Gasteiger partial charge is 0.0857 e. The van der Waals surface area contributed by atoms with Gasteiger partial charge in [0.15, 0.2) is 0 Å². The van der Waals surface area contributed by atoms with Crippen LogP contribution in [0.15, 0.2) is 4.99 Å². The molecule has 0 aliphatic heterocycles. The highest BCUT2D eigenvalue weighted by Crippen LogP contribution is 1.93. The molecule has 3 heteroatoms. The van der Waals surface area contributed by atoms with E-state index >= 15 is 0 Å². The number of nitrogens with zero attached hydrogens (tertiary/aromatic N) is 1. The minimum Gasteiger partial charge on any atom is -0.310 e. The molecule has 0 spiro atoms. The first-order chi connectivity index (χ1) is 3.68. The first-order valence-electron chi connectivity index (χ1n) is 2.41. The maximum Gasteiger partial charge on any atom is 0.0857 e. The maximum atomic E-state index is 6.99. The fourth-order valence-electron chi connectivity index (χ4n) is 0.272. The highest BCUT2D eigenvalue weighted by Gasteiger charge is 1.95. The second-order valence-electron chi connectivity index (χ2n) is 1.62. The van der Waals surface area contributed by atoms with Crippen LogP contribution in [0.5, 0.6) is 0 Å². The molecule has 0 heterocycles. The summed E-state index contributed by atoms with van der Waals surface area (Å²) in [4.78, 5) is 3.67. The number of hydrogen-bond acceptors (Lipinski definition) is 2. The monoisotopic (exact) mass is 108 g/mol. The van der Waals surface area contributed by atoms with Crippen LogP contribution in [0.1, 0.15) is 6.92 Å². The van der Waals surface area contributed by atoms with E-state index in [0.717, 1.165) is 0 Å². The summed E-state index contributed by atoms with van der Waals surface area (Å²) in [5.74, 6) is -0.292. The van der Waals surface area contributed by atoms with E-state index in [4.69, 9.17) is 13.3 Å². The molecule has 0 aliphatic carbocycles. The van der Waals surface area contributed by atoms with Gasteiger partial charge in [-0.15, -0.1) is 0 Å². The predicted octanol–water partition coefficient (Wildman–Crippen LogP) is 0.684. The van der Waals surface area contributed by atoms with Gasteiger partial charge in [-0.3, -0.25) is 0 Å². The van der Waals surface area contributed by atoms with E-state index in [2.05, 4.69) is 4.99 Å². The van der Waals surface area contributed by atoms with E-state index in [1.165, 1.54) is 0 Å². The molecule has 0 aliphatic rings. The number of hydrogen-bond donors (Lipinski definition) is 1. The van der Waals surface area contributed by atoms with Crippen LogP contribution in [0.2, 0.25) is 5.82 Å². The zero-order valence-electron chi connectivity index (χ0n) is 5.18.